The summed E-state index contributed by atoms with van der Waals surface area (Å²) in [7, 11) is 3.43. The summed E-state index contributed by atoms with van der Waals surface area (Å²) in [4.78, 5) is 6.02. The van der Waals surface area contributed by atoms with Gasteiger partial charge in [0.1, 0.15) is 11.6 Å². The van der Waals surface area contributed by atoms with Gasteiger partial charge in [-0.25, -0.2) is 14.1 Å². The van der Waals surface area contributed by atoms with Crippen LogP contribution in [-0.4, -0.2) is 35.0 Å². The summed E-state index contributed by atoms with van der Waals surface area (Å²) in [5.74, 6) is 0.472. The van der Waals surface area contributed by atoms with E-state index in [1.165, 1.54) is 10.7 Å². The van der Waals surface area contributed by atoms with Gasteiger partial charge in [0.2, 0.25) is 0 Å². The molecule has 0 aliphatic rings. The molecule has 31 heavy (non-hydrogen) atoms. The number of hydrogen-bond donors (Lipinski definition) is 0. The number of nitrogens with zero attached hydrogens (tertiary/aromatic N) is 4. The molecule has 0 spiro atoms. The zero-order valence-electron chi connectivity index (χ0n) is 17.7. The lowest BCUT2D eigenvalue weighted by molar-refractivity contribution is -0.137. The average Bonchev–Trinajstić information content (AvgIpc) is 3.10. The fourth-order valence-electron chi connectivity index (χ4n) is 3.13. The molecule has 0 aliphatic heterocycles. The largest absolute Gasteiger partial charge is 0.483 e. The van der Waals surface area contributed by atoms with Crippen LogP contribution in [-0.2, 0) is 6.54 Å². The normalized spacial score (nSPS) is 12.6. The second-order valence-corrected chi connectivity index (χ2v) is 7.52. The molecular weight excluding hydrogens is 412 g/mol. The lowest BCUT2D eigenvalue weighted by atomic mass is 10.2. The van der Waals surface area contributed by atoms with Crippen LogP contribution in [0.5, 0.6) is 5.75 Å². The van der Waals surface area contributed by atoms with E-state index >= 15 is 0 Å². The van der Waals surface area contributed by atoms with Crippen molar-refractivity contribution in [1.82, 2.24) is 14.8 Å². The van der Waals surface area contributed by atoms with Gasteiger partial charge in [0.15, 0.2) is 17.8 Å². The van der Waals surface area contributed by atoms with Crippen molar-refractivity contribution in [2.24, 2.45) is 0 Å². The van der Waals surface area contributed by atoms with Gasteiger partial charge in [-0.3, -0.25) is 0 Å². The Kier molecular flexibility index (Phi) is 6.52. The Morgan fingerprint density at radius 2 is 1.87 bits per heavy atom. The molecule has 2 aromatic carbocycles. The molecule has 1 aromatic heterocycles. The predicted molar refractivity (Wildman–Crippen MR) is 111 cm³/mol. The fourth-order valence-corrected chi connectivity index (χ4v) is 3.13. The van der Waals surface area contributed by atoms with Gasteiger partial charge in [0.25, 0.3) is 0 Å². The van der Waals surface area contributed by atoms with Crippen molar-refractivity contribution in [3.8, 4) is 17.1 Å². The molecule has 166 valence electrons. The van der Waals surface area contributed by atoms with Gasteiger partial charge >= 0.3 is 6.18 Å². The van der Waals surface area contributed by atoms with Crippen LogP contribution in [0.15, 0.2) is 42.5 Å². The van der Waals surface area contributed by atoms with Gasteiger partial charge in [-0.05, 0) is 49.7 Å². The fraction of sp³-hybridized carbons (Fsp3) is 0.364. The van der Waals surface area contributed by atoms with Gasteiger partial charge in [0.05, 0.1) is 18.7 Å². The molecule has 0 bridgehead atoms. The van der Waals surface area contributed by atoms with E-state index in [4.69, 9.17) is 4.74 Å². The second kappa shape index (κ2) is 8.95. The third kappa shape index (κ3) is 5.74. The maximum Gasteiger partial charge on any atom is 0.390 e. The Hall–Kier alpha value is -3.10. The number of ether oxygens (including phenoxy) is 1. The van der Waals surface area contributed by atoms with Crippen LogP contribution >= 0.6 is 0 Å². The van der Waals surface area contributed by atoms with E-state index in [0.717, 1.165) is 5.56 Å². The van der Waals surface area contributed by atoms with E-state index in [2.05, 4.69) is 10.1 Å². The topological polar surface area (TPSA) is 43.2 Å². The van der Waals surface area contributed by atoms with Gasteiger partial charge in [-0.1, -0.05) is 12.1 Å². The summed E-state index contributed by atoms with van der Waals surface area (Å²) >= 11 is 0. The second-order valence-electron chi connectivity index (χ2n) is 7.52. The van der Waals surface area contributed by atoms with E-state index in [1.54, 1.807) is 44.1 Å². The van der Waals surface area contributed by atoms with Crippen molar-refractivity contribution >= 4 is 5.69 Å². The first-order valence-corrected chi connectivity index (χ1v) is 9.75. The number of anilines is 1. The number of halogens is 4. The smallest absolute Gasteiger partial charge is 0.390 e. The molecule has 9 heteroatoms. The molecule has 1 atom stereocenters. The van der Waals surface area contributed by atoms with Crippen LogP contribution in [0.1, 0.15) is 30.8 Å². The highest BCUT2D eigenvalue weighted by atomic mass is 19.4. The number of aryl methyl sites for hydroxylation is 2. The third-order valence-corrected chi connectivity index (χ3v) is 4.66. The van der Waals surface area contributed by atoms with Crippen LogP contribution < -0.4 is 9.64 Å². The summed E-state index contributed by atoms with van der Waals surface area (Å²) in [6.45, 7) is 3.19. The zero-order chi connectivity index (χ0) is 22.8. The molecule has 3 aromatic rings. The van der Waals surface area contributed by atoms with Gasteiger partial charge < -0.3 is 9.64 Å². The molecule has 0 saturated carbocycles. The minimum Gasteiger partial charge on any atom is -0.483 e. The summed E-state index contributed by atoms with van der Waals surface area (Å²) in [6.07, 6.45) is -6.07. The minimum atomic E-state index is -4.34. The van der Waals surface area contributed by atoms with Gasteiger partial charge in [0, 0.05) is 19.7 Å². The Morgan fingerprint density at radius 1 is 1.13 bits per heavy atom. The number of benzene rings is 2. The number of rotatable bonds is 7. The van der Waals surface area contributed by atoms with E-state index < -0.39 is 31.1 Å². The third-order valence-electron chi connectivity index (χ3n) is 4.66. The summed E-state index contributed by atoms with van der Waals surface area (Å²) in [6, 6.07) is 11.8. The van der Waals surface area contributed by atoms with Crippen LogP contribution in [0.4, 0.5) is 23.2 Å². The van der Waals surface area contributed by atoms with Crippen LogP contribution in [0.3, 0.4) is 0 Å². The Morgan fingerprint density at radius 3 is 2.48 bits per heavy atom. The van der Waals surface area contributed by atoms with Gasteiger partial charge in [-0.2, -0.15) is 18.3 Å². The Bertz CT molecular complexity index is 1050. The molecule has 0 N–H and O–H groups in total. The standard InChI is InChI=1S/C22H24F4N4O/c1-14-6-5-7-17(12-14)31-15(2)21-27-20(28-30(21)11-10-22(24,25)26)16-8-9-19(29(3)4)18(23)13-16/h5-9,12-13,15H,10-11H2,1-4H3. The first-order chi connectivity index (χ1) is 14.5. The maximum atomic E-state index is 14.4. The van der Waals surface area contributed by atoms with Crippen molar-refractivity contribution in [2.45, 2.75) is 39.1 Å². The molecule has 1 heterocycles. The molecule has 5 nitrogen and oxygen atoms in total. The van der Waals surface area contributed by atoms with Crippen LogP contribution in [0, 0.1) is 12.7 Å². The highest BCUT2D eigenvalue weighted by Gasteiger charge is 2.29. The summed E-state index contributed by atoms with van der Waals surface area (Å²) in [5, 5.41) is 4.22. The SMILES string of the molecule is Cc1cccc(OC(C)c2nc(-c3ccc(N(C)C)c(F)c3)nn2CCC(F)(F)F)c1. The first-order valence-electron chi connectivity index (χ1n) is 9.75. The van der Waals surface area contributed by atoms with E-state index in [0.29, 0.717) is 17.0 Å². The Labute approximate surface area is 178 Å². The lowest BCUT2D eigenvalue weighted by Gasteiger charge is -2.16. The molecule has 0 amide bonds. The van der Waals surface area contributed by atoms with E-state index in [1.807, 2.05) is 25.1 Å². The molecular formula is C22H24F4N4O. The quantitative estimate of drug-likeness (QED) is 0.456. The highest BCUT2D eigenvalue weighted by Crippen LogP contribution is 2.28. The Balaban J connectivity index is 1.94. The summed E-state index contributed by atoms with van der Waals surface area (Å²) in [5.41, 5.74) is 1.75. The molecule has 1 unspecified atom stereocenters. The highest BCUT2D eigenvalue weighted by molar-refractivity contribution is 5.60. The van der Waals surface area contributed by atoms with Crippen LogP contribution in [0.25, 0.3) is 11.4 Å². The number of alkyl halides is 3. The molecule has 0 saturated heterocycles. The van der Waals surface area contributed by atoms with Crippen molar-refractivity contribution in [1.29, 1.82) is 0 Å². The van der Waals surface area contributed by atoms with Crippen LogP contribution in [0.2, 0.25) is 0 Å². The monoisotopic (exact) mass is 436 g/mol. The zero-order valence-corrected chi connectivity index (χ0v) is 17.7. The van der Waals surface area contributed by atoms with Crippen molar-refractivity contribution in [2.75, 3.05) is 19.0 Å². The van der Waals surface area contributed by atoms with Gasteiger partial charge in [-0.15, -0.1) is 0 Å². The van der Waals surface area contributed by atoms with E-state index in [-0.39, 0.29) is 11.6 Å². The average molecular weight is 436 g/mol. The predicted octanol–water partition coefficient (Wildman–Crippen LogP) is 5.55. The molecule has 0 fully saturated rings. The minimum absolute atomic E-state index is 0.140. The number of aromatic nitrogens is 3. The lowest BCUT2D eigenvalue weighted by Crippen LogP contribution is -2.17. The summed E-state index contributed by atoms with van der Waals surface area (Å²) < 4.78 is 59.9. The van der Waals surface area contributed by atoms with Crippen molar-refractivity contribution < 1.29 is 22.3 Å². The molecule has 0 radical (unpaired) electrons. The molecule has 0 aliphatic carbocycles. The number of hydrogen-bond acceptors (Lipinski definition) is 4. The maximum absolute atomic E-state index is 14.4. The van der Waals surface area contributed by atoms with E-state index in [9.17, 15) is 17.6 Å². The molecule has 3 rings (SSSR count). The van der Waals surface area contributed by atoms with Crippen molar-refractivity contribution in [3.05, 3.63) is 59.7 Å². The first kappa shape index (κ1) is 22.6. The van der Waals surface area contributed by atoms with Crippen molar-refractivity contribution in [3.63, 3.8) is 0 Å².